The lowest BCUT2D eigenvalue weighted by molar-refractivity contribution is 0.317. The summed E-state index contributed by atoms with van der Waals surface area (Å²) in [5, 5.41) is 3.40. The lowest BCUT2D eigenvalue weighted by Crippen LogP contribution is -2.15. The average Bonchev–Trinajstić information content (AvgIpc) is 3.04. The van der Waals surface area contributed by atoms with Gasteiger partial charge in [-0.05, 0) is 12.5 Å². The smallest absolute Gasteiger partial charge is 0.203 e. The van der Waals surface area contributed by atoms with Crippen molar-refractivity contribution in [3.8, 4) is 5.75 Å². The molecule has 0 aliphatic carbocycles. The summed E-state index contributed by atoms with van der Waals surface area (Å²) >= 11 is 0. The van der Waals surface area contributed by atoms with Gasteiger partial charge in [0.25, 0.3) is 0 Å². The first-order valence-electron chi connectivity index (χ1n) is 6.88. The molecule has 4 heteroatoms. The molecule has 2 aromatic rings. The fraction of sp³-hybridized carbons (Fsp3) is 0.400. The van der Waals surface area contributed by atoms with Gasteiger partial charge < -0.3 is 14.6 Å². The van der Waals surface area contributed by atoms with Crippen molar-refractivity contribution in [2.24, 2.45) is 0 Å². The number of para-hydroxylation sites is 1. The van der Waals surface area contributed by atoms with Crippen LogP contribution < -0.4 is 10.1 Å². The van der Waals surface area contributed by atoms with Crippen LogP contribution in [0.2, 0.25) is 0 Å². The van der Waals surface area contributed by atoms with Gasteiger partial charge in [-0.25, -0.2) is 4.98 Å². The number of benzene rings is 1. The number of hydrogen-bond acceptors (Lipinski definition) is 3. The summed E-state index contributed by atoms with van der Waals surface area (Å²) in [5.74, 6) is 1.92. The highest BCUT2D eigenvalue weighted by Crippen LogP contribution is 2.35. The molecule has 0 saturated carbocycles. The number of fused-ring (bicyclic) bond motifs is 1. The molecule has 0 fully saturated rings. The first-order valence-corrected chi connectivity index (χ1v) is 6.88. The van der Waals surface area contributed by atoms with Crippen LogP contribution in [0.15, 0.2) is 36.7 Å². The highest BCUT2D eigenvalue weighted by atomic mass is 16.5. The summed E-state index contributed by atoms with van der Waals surface area (Å²) in [6.07, 6.45) is 6.20. The van der Waals surface area contributed by atoms with Crippen molar-refractivity contribution in [3.63, 3.8) is 0 Å². The minimum Gasteiger partial charge on any atom is -0.491 e. The molecule has 100 valence electrons. The molecular weight excluding hydrogens is 238 g/mol. The summed E-state index contributed by atoms with van der Waals surface area (Å²) in [6, 6.07) is 8.44. The Hall–Kier alpha value is -1.97. The van der Waals surface area contributed by atoms with E-state index in [0.717, 1.165) is 24.7 Å². The maximum atomic E-state index is 5.74. The quantitative estimate of drug-likeness (QED) is 0.837. The standard InChI is InChI=1S/C15H19N3O/c1-2-3-8-16-15-17-9-10-18(15)13-11-19-14-7-5-4-6-12(13)14/h4-7,9-10,13H,2-3,8,11H2,1H3,(H,16,17). The van der Waals surface area contributed by atoms with Crippen LogP contribution in [0.3, 0.4) is 0 Å². The van der Waals surface area contributed by atoms with Crippen LogP contribution in [-0.2, 0) is 0 Å². The SMILES string of the molecule is CCCCNc1nccn1C1COc2ccccc21. The van der Waals surface area contributed by atoms with Gasteiger partial charge in [0.05, 0.1) is 6.04 Å². The lowest BCUT2D eigenvalue weighted by atomic mass is 10.1. The van der Waals surface area contributed by atoms with E-state index < -0.39 is 0 Å². The second-order valence-corrected chi connectivity index (χ2v) is 4.80. The molecule has 19 heavy (non-hydrogen) atoms. The molecule has 0 bridgehead atoms. The van der Waals surface area contributed by atoms with E-state index in [2.05, 4.69) is 33.9 Å². The van der Waals surface area contributed by atoms with Crippen LogP contribution in [0.5, 0.6) is 5.75 Å². The van der Waals surface area contributed by atoms with E-state index in [1.807, 2.05) is 24.5 Å². The predicted molar refractivity (Wildman–Crippen MR) is 75.7 cm³/mol. The van der Waals surface area contributed by atoms with Gasteiger partial charge in [0, 0.05) is 24.5 Å². The maximum Gasteiger partial charge on any atom is 0.203 e. The van der Waals surface area contributed by atoms with Crippen LogP contribution in [0, 0.1) is 0 Å². The third kappa shape index (κ3) is 2.30. The Morgan fingerprint density at radius 1 is 1.42 bits per heavy atom. The predicted octanol–water partition coefficient (Wildman–Crippen LogP) is 3.08. The number of rotatable bonds is 5. The van der Waals surface area contributed by atoms with Crippen molar-refractivity contribution in [1.82, 2.24) is 9.55 Å². The summed E-state index contributed by atoms with van der Waals surface area (Å²) in [6.45, 7) is 3.83. The van der Waals surface area contributed by atoms with Crippen molar-refractivity contribution < 1.29 is 4.74 Å². The molecule has 0 saturated heterocycles. The zero-order valence-electron chi connectivity index (χ0n) is 11.2. The van der Waals surface area contributed by atoms with Gasteiger partial charge in [-0.15, -0.1) is 0 Å². The molecule has 1 N–H and O–H groups in total. The summed E-state index contributed by atoms with van der Waals surface area (Å²) in [5.41, 5.74) is 1.24. The van der Waals surface area contributed by atoms with Crippen molar-refractivity contribution in [3.05, 3.63) is 42.2 Å². The highest BCUT2D eigenvalue weighted by molar-refractivity contribution is 5.42. The van der Waals surface area contributed by atoms with E-state index in [0.29, 0.717) is 6.61 Å². The Kier molecular flexibility index (Phi) is 3.40. The van der Waals surface area contributed by atoms with Crippen LogP contribution >= 0.6 is 0 Å². The molecule has 1 unspecified atom stereocenters. The second kappa shape index (κ2) is 5.34. The second-order valence-electron chi connectivity index (χ2n) is 4.80. The van der Waals surface area contributed by atoms with Gasteiger partial charge in [0.1, 0.15) is 12.4 Å². The number of unbranched alkanes of at least 4 members (excludes halogenated alkanes) is 1. The molecule has 4 nitrogen and oxygen atoms in total. The fourth-order valence-corrected chi connectivity index (χ4v) is 2.45. The van der Waals surface area contributed by atoms with E-state index >= 15 is 0 Å². The maximum absolute atomic E-state index is 5.74. The van der Waals surface area contributed by atoms with E-state index in [-0.39, 0.29) is 6.04 Å². The molecule has 3 rings (SSSR count). The third-order valence-corrected chi connectivity index (χ3v) is 3.49. The van der Waals surface area contributed by atoms with Crippen LogP contribution in [0.4, 0.5) is 5.95 Å². The van der Waals surface area contributed by atoms with E-state index in [1.54, 1.807) is 0 Å². The molecule has 0 spiro atoms. The van der Waals surface area contributed by atoms with Gasteiger partial charge in [0.15, 0.2) is 0 Å². The van der Waals surface area contributed by atoms with Gasteiger partial charge in [-0.3, -0.25) is 0 Å². The molecule has 1 aromatic carbocycles. The Morgan fingerprint density at radius 2 is 2.32 bits per heavy atom. The molecule has 2 heterocycles. The molecule has 1 aliphatic heterocycles. The average molecular weight is 257 g/mol. The van der Waals surface area contributed by atoms with Crippen molar-refractivity contribution in [2.75, 3.05) is 18.5 Å². The van der Waals surface area contributed by atoms with E-state index in [1.165, 1.54) is 12.0 Å². The van der Waals surface area contributed by atoms with Gasteiger partial charge in [-0.2, -0.15) is 0 Å². The Bertz CT molecular complexity index is 550. The van der Waals surface area contributed by atoms with E-state index in [9.17, 15) is 0 Å². The first-order chi connectivity index (χ1) is 9.40. The van der Waals surface area contributed by atoms with Crippen molar-refractivity contribution in [1.29, 1.82) is 0 Å². The zero-order chi connectivity index (χ0) is 13.1. The summed E-state index contributed by atoms with van der Waals surface area (Å²) < 4.78 is 7.91. The molecular formula is C15H19N3O. The minimum atomic E-state index is 0.225. The van der Waals surface area contributed by atoms with Crippen molar-refractivity contribution >= 4 is 5.95 Å². The number of nitrogens with zero attached hydrogens (tertiary/aromatic N) is 2. The van der Waals surface area contributed by atoms with E-state index in [4.69, 9.17) is 4.74 Å². The number of imidazole rings is 1. The van der Waals surface area contributed by atoms with Crippen molar-refractivity contribution in [2.45, 2.75) is 25.8 Å². The molecule has 1 atom stereocenters. The monoisotopic (exact) mass is 257 g/mol. The van der Waals surface area contributed by atoms with Crippen LogP contribution in [-0.4, -0.2) is 22.7 Å². The minimum absolute atomic E-state index is 0.225. The number of ether oxygens (including phenoxy) is 1. The van der Waals surface area contributed by atoms with Gasteiger partial charge in [0.2, 0.25) is 5.95 Å². The largest absolute Gasteiger partial charge is 0.491 e. The zero-order valence-corrected chi connectivity index (χ0v) is 11.2. The Labute approximate surface area is 113 Å². The Morgan fingerprint density at radius 3 is 3.21 bits per heavy atom. The topological polar surface area (TPSA) is 39.1 Å². The normalized spacial score (nSPS) is 17.0. The first kappa shape index (κ1) is 12.1. The molecule has 0 amide bonds. The Balaban J connectivity index is 1.82. The van der Waals surface area contributed by atoms with Crippen LogP contribution in [0.1, 0.15) is 31.4 Å². The number of hydrogen-bond donors (Lipinski definition) is 1. The molecule has 1 aromatic heterocycles. The highest BCUT2D eigenvalue weighted by Gasteiger charge is 2.26. The lowest BCUT2D eigenvalue weighted by Gasteiger charge is -2.15. The summed E-state index contributed by atoms with van der Waals surface area (Å²) in [7, 11) is 0. The molecule has 1 aliphatic rings. The fourth-order valence-electron chi connectivity index (χ4n) is 2.45. The summed E-state index contributed by atoms with van der Waals surface area (Å²) in [4.78, 5) is 4.40. The number of anilines is 1. The number of nitrogens with one attached hydrogen (secondary N) is 1. The van der Waals surface area contributed by atoms with Gasteiger partial charge >= 0.3 is 0 Å². The molecule has 0 radical (unpaired) electrons. The van der Waals surface area contributed by atoms with Crippen LogP contribution in [0.25, 0.3) is 0 Å². The van der Waals surface area contributed by atoms with Gasteiger partial charge in [-0.1, -0.05) is 31.5 Å². The third-order valence-electron chi connectivity index (χ3n) is 3.49. The number of aromatic nitrogens is 2.